The summed E-state index contributed by atoms with van der Waals surface area (Å²) in [6.07, 6.45) is 7.64. The molecule has 4 nitrogen and oxygen atoms in total. The molecule has 0 N–H and O–H groups in total. The fraction of sp³-hybridized carbons (Fsp3) is 0.474. The smallest absolute Gasteiger partial charge is 0.277 e. The Bertz CT molecular complexity index is 693. The third-order valence-corrected chi connectivity index (χ3v) is 5.42. The second kappa shape index (κ2) is 6.93. The number of nitrogens with zero attached hydrogens (tertiary/aromatic N) is 2. The topological polar surface area (TPSA) is 32.8 Å². The van der Waals surface area contributed by atoms with Gasteiger partial charge in [-0.2, -0.15) is 0 Å². The van der Waals surface area contributed by atoms with E-state index in [0.29, 0.717) is 10.8 Å². The molecule has 1 heterocycles. The molecular weight excluding hydrogens is 320 g/mol. The Balaban J connectivity index is 1.89. The molecule has 0 atom stereocenters. The van der Waals surface area contributed by atoms with Crippen molar-refractivity contribution >= 4 is 29.3 Å². The first-order valence-electron chi connectivity index (χ1n) is 8.50. The van der Waals surface area contributed by atoms with Gasteiger partial charge in [-0.25, -0.2) is 0 Å². The quantitative estimate of drug-likeness (QED) is 0.618. The van der Waals surface area contributed by atoms with Crippen LogP contribution in [0.1, 0.15) is 43.2 Å². The van der Waals surface area contributed by atoms with Gasteiger partial charge >= 0.3 is 0 Å². The molecule has 24 heavy (non-hydrogen) atoms. The van der Waals surface area contributed by atoms with Crippen LogP contribution in [0.3, 0.4) is 0 Å². The summed E-state index contributed by atoms with van der Waals surface area (Å²) in [5.74, 6) is 0.880. The van der Waals surface area contributed by atoms with Crippen LogP contribution < -0.4 is 4.74 Å². The van der Waals surface area contributed by atoms with Gasteiger partial charge in [-0.1, -0.05) is 25.3 Å². The zero-order chi connectivity index (χ0) is 17.3. The van der Waals surface area contributed by atoms with Gasteiger partial charge in [0.25, 0.3) is 5.91 Å². The van der Waals surface area contributed by atoms with Gasteiger partial charge in [0.1, 0.15) is 11.4 Å². The number of carbonyl (C=O) groups excluding carboxylic acids is 1. The second-order valence-corrected chi connectivity index (χ2v) is 6.93. The van der Waals surface area contributed by atoms with Gasteiger partial charge in [-0.15, -0.1) is 0 Å². The number of hydrogen-bond donors (Lipinski definition) is 0. The first-order valence-corrected chi connectivity index (χ1v) is 8.91. The number of rotatable bonds is 3. The van der Waals surface area contributed by atoms with Crippen LogP contribution in [0.4, 0.5) is 0 Å². The van der Waals surface area contributed by atoms with E-state index < -0.39 is 0 Å². The minimum atomic E-state index is 0.0304. The number of methoxy groups -OCH3 is 1. The normalized spacial score (nSPS) is 21.0. The maximum Gasteiger partial charge on any atom is 0.277 e. The summed E-state index contributed by atoms with van der Waals surface area (Å²) in [5.41, 5.74) is 2.68. The lowest BCUT2D eigenvalue weighted by molar-refractivity contribution is -0.124. The largest absolute Gasteiger partial charge is 0.496 e. The zero-order valence-electron chi connectivity index (χ0n) is 14.5. The Kier molecular flexibility index (Phi) is 4.90. The number of likely N-dealkylation sites (N-methyl/N-ethyl adjacent to an activating group) is 1. The fourth-order valence-corrected chi connectivity index (χ4v) is 3.92. The van der Waals surface area contributed by atoms with E-state index in [9.17, 15) is 4.79 Å². The summed E-state index contributed by atoms with van der Waals surface area (Å²) >= 11 is 5.55. The van der Waals surface area contributed by atoms with Crippen molar-refractivity contribution in [1.82, 2.24) is 9.80 Å². The average molecular weight is 344 g/mol. The van der Waals surface area contributed by atoms with Crippen LogP contribution in [0, 0.1) is 6.92 Å². The van der Waals surface area contributed by atoms with Gasteiger partial charge in [0.15, 0.2) is 5.11 Å². The van der Waals surface area contributed by atoms with E-state index in [4.69, 9.17) is 17.0 Å². The molecule has 1 saturated heterocycles. The van der Waals surface area contributed by atoms with Gasteiger partial charge in [0.2, 0.25) is 0 Å². The summed E-state index contributed by atoms with van der Waals surface area (Å²) in [6.45, 7) is 2.00. The Morgan fingerprint density at radius 3 is 2.58 bits per heavy atom. The number of aryl methyl sites for hydroxylation is 1. The maximum atomic E-state index is 12.9. The number of carbonyl (C=O) groups is 1. The fourth-order valence-electron chi connectivity index (χ4n) is 3.59. The van der Waals surface area contributed by atoms with E-state index >= 15 is 0 Å². The maximum absolute atomic E-state index is 12.9. The van der Waals surface area contributed by atoms with Crippen molar-refractivity contribution < 1.29 is 9.53 Å². The molecule has 1 aliphatic carbocycles. The molecule has 3 rings (SSSR count). The zero-order valence-corrected chi connectivity index (χ0v) is 15.4. The Morgan fingerprint density at radius 2 is 1.96 bits per heavy atom. The molecule has 1 amide bonds. The molecule has 0 spiro atoms. The first kappa shape index (κ1) is 17.0. The minimum Gasteiger partial charge on any atom is -0.496 e. The monoisotopic (exact) mass is 344 g/mol. The van der Waals surface area contributed by atoms with E-state index in [0.717, 1.165) is 29.7 Å². The van der Waals surface area contributed by atoms with Crippen molar-refractivity contribution in [3.05, 3.63) is 35.0 Å². The Hall–Kier alpha value is -1.88. The average Bonchev–Trinajstić information content (AvgIpc) is 2.79. The molecule has 2 fully saturated rings. The molecule has 5 heteroatoms. The third kappa shape index (κ3) is 3.05. The molecule has 0 radical (unpaired) electrons. The lowest BCUT2D eigenvalue weighted by atomic mass is 9.94. The van der Waals surface area contributed by atoms with Crippen LogP contribution in [0.2, 0.25) is 0 Å². The molecule has 1 saturated carbocycles. The van der Waals surface area contributed by atoms with E-state index in [1.807, 2.05) is 48.0 Å². The van der Waals surface area contributed by atoms with Gasteiger partial charge in [-0.05, 0) is 61.3 Å². The Morgan fingerprint density at radius 1 is 1.25 bits per heavy atom. The Labute approximate surface area is 149 Å². The number of amides is 1. The molecule has 128 valence electrons. The van der Waals surface area contributed by atoms with Crippen molar-refractivity contribution in [2.75, 3.05) is 14.2 Å². The van der Waals surface area contributed by atoms with E-state index in [1.54, 1.807) is 7.11 Å². The summed E-state index contributed by atoms with van der Waals surface area (Å²) in [5, 5.41) is 0.628. The summed E-state index contributed by atoms with van der Waals surface area (Å²) in [4.78, 5) is 16.6. The van der Waals surface area contributed by atoms with Crippen LogP contribution in [-0.2, 0) is 4.79 Å². The number of thiocarbonyl (C=S) groups is 1. The van der Waals surface area contributed by atoms with E-state index in [2.05, 4.69) is 0 Å². The van der Waals surface area contributed by atoms with Crippen LogP contribution in [0.15, 0.2) is 23.9 Å². The van der Waals surface area contributed by atoms with E-state index in [-0.39, 0.29) is 11.9 Å². The number of hydrogen-bond acceptors (Lipinski definition) is 3. The van der Waals surface area contributed by atoms with E-state index in [1.165, 1.54) is 19.3 Å². The molecule has 0 bridgehead atoms. The highest BCUT2D eigenvalue weighted by Gasteiger charge is 2.40. The number of benzene rings is 1. The molecule has 1 aromatic carbocycles. The predicted octanol–water partition coefficient (Wildman–Crippen LogP) is 3.74. The molecule has 0 unspecified atom stereocenters. The van der Waals surface area contributed by atoms with Crippen molar-refractivity contribution in [3.8, 4) is 5.75 Å². The summed E-state index contributed by atoms with van der Waals surface area (Å²) in [6, 6.07) is 6.17. The second-order valence-electron chi connectivity index (χ2n) is 6.57. The van der Waals surface area contributed by atoms with Crippen molar-refractivity contribution in [3.63, 3.8) is 0 Å². The van der Waals surface area contributed by atoms with Gasteiger partial charge in [0.05, 0.1) is 7.11 Å². The highest BCUT2D eigenvalue weighted by atomic mass is 32.1. The third-order valence-electron chi connectivity index (χ3n) is 4.95. The van der Waals surface area contributed by atoms with Gasteiger partial charge in [0, 0.05) is 13.1 Å². The molecule has 1 aliphatic heterocycles. The minimum absolute atomic E-state index is 0.0304. The molecular formula is C19H24N2O2S. The van der Waals surface area contributed by atoms with Crippen molar-refractivity contribution in [2.24, 2.45) is 0 Å². The predicted molar refractivity (Wildman–Crippen MR) is 99.8 cm³/mol. The van der Waals surface area contributed by atoms with Crippen LogP contribution in [0.25, 0.3) is 6.08 Å². The standard InChI is InChI=1S/C19H24N2O2S/c1-13-11-14(9-10-17(13)23-3)12-16-18(22)21(19(24)20(16)2)15-7-5-4-6-8-15/h9-12,15H,4-8H2,1-3H3/b16-12-. The highest BCUT2D eigenvalue weighted by molar-refractivity contribution is 7.80. The number of ether oxygens (including phenoxy) is 1. The summed E-state index contributed by atoms with van der Waals surface area (Å²) < 4.78 is 5.30. The highest BCUT2D eigenvalue weighted by Crippen LogP contribution is 2.31. The van der Waals surface area contributed by atoms with Gasteiger partial charge < -0.3 is 9.64 Å². The SMILES string of the molecule is COc1ccc(/C=C2/C(=O)N(C3CCCCC3)C(=S)N2C)cc1C. The summed E-state index contributed by atoms with van der Waals surface area (Å²) in [7, 11) is 3.54. The van der Waals surface area contributed by atoms with Crippen LogP contribution in [0.5, 0.6) is 5.75 Å². The first-order chi connectivity index (χ1) is 11.5. The van der Waals surface area contributed by atoms with Crippen LogP contribution in [-0.4, -0.2) is 41.0 Å². The lowest BCUT2D eigenvalue weighted by Crippen LogP contribution is -2.41. The lowest BCUT2D eigenvalue weighted by Gasteiger charge is -2.30. The molecule has 1 aromatic rings. The van der Waals surface area contributed by atoms with Crippen LogP contribution >= 0.6 is 12.2 Å². The molecule has 0 aromatic heterocycles. The van der Waals surface area contributed by atoms with Crippen molar-refractivity contribution in [1.29, 1.82) is 0 Å². The van der Waals surface area contributed by atoms with Crippen molar-refractivity contribution in [2.45, 2.75) is 45.1 Å². The van der Waals surface area contributed by atoms with Gasteiger partial charge in [-0.3, -0.25) is 9.69 Å². The molecule has 2 aliphatic rings.